The van der Waals surface area contributed by atoms with Crippen molar-refractivity contribution >= 4 is 11.9 Å². The van der Waals surface area contributed by atoms with Crippen LogP contribution in [0.3, 0.4) is 0 Å². The highest BCUT2D eigenvalue weighted by atomic mass is 16.6. The van der Waals surface area contributed by atoms with Crippen LogP contribution in [0.2, 0.25) is 0 Å². The third kappa shape index (κ3) is 4.33. The standard InChI is InChI=1S/C23H25NO7/c1-12(25)24-17-8-6-14-10-20(29-4)22(31-13(2)26)23(30-5)21(14)15-7-9-19(28-3)18(27)11-16(15)17/h7,9-11,17H,6,8H2,1-5H3,(H,24,25)/t17-/m0/s1. The monoisotopic (exact) mass is 427 g/mol. The summed E-state index contributed by atoms with van der Waals surface area (Å²) in [5.41, 5.74) is 2.52. The zero-order chi connectivity index (χ0) is 22.7. The van der Waals surface area contributed by atoms with E-state index in [2.05, 4.69) is 5.32 Å². The first-order valence-corrected chi connectivity index (χ1v) is 9.76. The van der Waals surface area contributed by atoms with Gasteiger partial charge >= 0.3 is 5.97 Å². The quantitative estimate of drug-likeness (QED) is 0.578. The van der Waals surface area contributed by atoms with Gasteiger partial charge in [-0.3, -0.25) is 14.4 Å². The molecule has 0 fully saturated rings. The van der Waals surface area contributed by atoms with E-state index in [-0.39, 0.29) is 22.8 Å². The van der Waals surface area contributed by atoms with Crippen molar-refractivity contribution in [1.82, 2.24) is 5.32 Å². The summed E-state index contributed by atoms with van der Waals surface area (Å²) in [5, 5.41) is 2.93. The van der Waals surface area contributed by atoms with Crippen LogP contribution in [0.4, 0.5) is 0 Å². The van der Waals surface area contributed by atoms with Crippen molar-refractivity contribution in [2.75, 3.05) is 21.3 Å². The molecule has 8 nitrogen and oxygen atoms in total. The Hall–Kier alpha value is -3.55. The number of fused-ring (bicyclic) bond motifs is 3. The lowest BCUT2D eigenvalue weighted by atomic mass is 9.95. The van der Waals surface area contributed by atoms with Crippen molar-refractivity contribution in [3.63, 3.8) is 0 Å². The normalized spacial score (nSPS) is 14.4. The number of rotatable bonds is 5. The molecule has 2 aromatic rings. The Labute approximate surface area is 180 Å². The van der Waals surface area contributed by atoms with E-state index in [4.69, 9.17) is 18.9 Å². The van der Waals surface area contributed by atoms with Crippen molar-refractivity contribution in [3.05, 3.63) is 45.6 Å². The number of nitrogens with one attached hydrogen (secondary N) is 1. The van der Waals surface area contributed by atoms with E-state index in [0.717, 1.165) is 5.56 Å². The van der Waals surface area contributed by atoms with E-state index in [1.165, 1.54) is 41.2 Å². The Balaban J connectivity index is 2.42. The van der Waals surface area contributed by atoms with Gasteiger partial charge in [0.05, 0.1) is 27.4 Å². The van der Waals surface area contributed by atoms with Crippen molar-refractivity contribution in [1.29, 1.82) is 0 Å². The molecule has 0 heterocycles. The third-order valence-corrected chi connectivity index (χ3v) is 5.14. The molecule has 0 spiro atoms. The first-order valence-electron chi connectivity index (χ1n) is 9.76. The Morgan fingerprint density at radius 1 is 0.968 bits per heavy atom. The molecule has 1 N–H and O–H groups in total. The van der Waals surface area contributed by atoms with Gasteiger partial charge in [0.15, 0.2) is 17.2 Å². The lowest BCUT2D eigenvalue weighted by Crippen LogP contribution is -2.26. The maximum atomic E-state index is 12.7. The number of amides is 1. The Kier molecular flexibility index (Phi) is 6.48. The highest BCUT2D eigenvalue weighted by Gasteiger charge is 2.30. The van der Waals surface area contributed by atoms with E-state index in [1.807, 2.05) is 0 Å². The van der Waals surface area contributed by atoms with Gasteiger partial charge < -0.3 is 24.3 Å². The van der Waals surface area contributed by atoms with Crippen LogP contribution in [0.15, 0.2) is 29.1 Å². The molecule has 8 heteroatoms. The minimum absolute atomic E-state index is 0.154. The van der Waals surface area contributed by atoms with Gasteiger partial charge in [-0.25, -0.2) is 0 Å². The zero-order valence-corrected chi connectivity index (χ0v) is 18.2. The molecule has 0 saturated carbocycles. The summed E-state index contributed by atoms with van der Waals surface area (Å²) in [7, 11) is 4.37. The molecule has 0 radical (unpaired) electrons. The summed E-state index contributed by atoms with van der Waals surface area (Å²) in [4.78, 5) is 36.3. The Morgan fingerprint density at radius 3 is 2.26 bits per heavy atom. The number of aryl methyl sites for hydroxylation is 1. The molecule has 3 rings (SSSR count). The van der Waals surface area contributed by atoms with Gasteiger partial charge in [0.1, 0.15) is 0 Å². The predicted octanol–water partition coefficient (Wildman–Crippen LogP) is 2.79. The van der Waals surface area contributed by atoms with E-state index in [1.54, 1.807) is 18.2 Å². The number of ether oxygens (including phenoxy) is 4. The minimum atomic E-state index is -0.524. The molecule has 1 aliphatic carbocycles. The van der Waals surface area contributed by atoms with Gasteiger partial charge in [-0.2, -0.15) is 0 Å². The average Bonchev–Trinajstić information content (AvgIpc) is 2.96. The van der Waals surface area contributed by atoms with Crippen molar-refractivity contribution in [2.24, 2.45) is 0 Å². The van der Waals surface area contributed by atoms with Crippen LogP contribution in [0.1, 0.15) is 37.4 Å². The SMILES string of the molecule is COc1cc2c(c(OC)c1OC(C)=O)-c1ccc(OC)c(=O)cc1[C@@H](NC(C)=O)CC2. The van der Waals surface area contributed by atoms with Crippen LogP contribution in [0.5, 0.6) is 23.0 Å². The molecule has 164 valence electrons. The molecule has 31 heavy (non-hydrogen) atoms. The number of hydrogen-bond donors (Lipinski definition) is 1. The van der Waals surface area contributed by atoms with Gasteiger partial charge in [-0.1, -0.05) is 6.07 Å². The zero-order valence-electron chi connectivity index (χ0n) is 18.2. The van der Waals surface area contributed by atoms with Crippen LogP contribution >= 0.6 is 0 Å². The number of carbonyl (C=O) groups is 2. The highest BCUT2D eigenvalue weighted by Crippen LogP contribution is 2.50. The van der Waals surface area contributed by atoms with Crippen LogP contribution in [0.25, 0.3) is 11.1 Å². The molecule has 1 amide bonds. The molecule has 0 saturated heterocycles. The molecule has 0 aromatic heterocycles. The van der Waals surface area contributed by atoms with Gasteiger partial charge in [-0.15, -0.1) is 0 Å². The smallest absolute Gasteiger partial charge is 0.308 e. The number of carbonyl (C=O) groups excluding carboxylic acids is 2. The number of benzene rings is 1. The second-order valence-electron chi connectivity index (χ2n) is 7.14. The lowest BCUT2D eigenvalue weighted by molar-refractivity contribution is -0.132. The van der Waals surface area contributed by atoms with Crippen LogP contribution in [-0.2, 0) is 16.0 Å². The fourth-order valence-electron chi connectivity index (χ4n) is 3.91. The summed E-state index contributed by atoms with van der Waals surface area (Å²) >= 11 is 0. The van der Waals surface area contributed by atoms with Crippen molar-refractivity contribution in [3.8, 4) is 34.1 Å². The fourth-order valence-corrected chi connectivity index (χ4v) is 3.91. The van der Waals surface area contributed by atoms with Crippen molar-refractivity contribution in [2.45, 2.75) is 32.7 Å². The maximum absolute atomic E-state index is 12.7. The second kappa shape index (κ2) is 9.07. The first kappa shape index (κ1) is 22.1. The number of methoxy groups -OCH3 is 3. The maximum Gasteiger partial charge on any atom is 0.308 e. The molecule has 1 aliphatic rings. The first-order chi connectivity index (χ1) is 14.8. The van der Waals surface area contributed by atoms with Crippen LogP contribution in [-0.4, -0.2) is 33.2 Å². The molecule has 2 aromatic carbocycles. The molecule has 0 bridgehead atoms. The number of esters is 1. The fraction of sp³-hybridized carbons (Fsp3) is 0.348. The van der Waals surface area contributed by atoms with E-state index in [0.29, 0.717) is 41.0 Å². The van der Waals surface area contributed by atoms with Gasteiger partial charge in [0.25, 0.3) is 0 Å². The summed E-state index contributed by atoms with van der Waals surface area (Å²) in [5.74, 6) is 0.256. The third-order valence-electron chi connectivity index (χ3n) is 5.14. The topological polar surface area (TPSA) is 100 Å². The molecular weight excluding hydrogens is 402 g/mol. The highest BCUT2D eigenvalue weighted by molar-refractivity contribution is 5.85. The van der Waals surface area contributed by atoms with Gasteiger partial charge in [-0.05, 0) is 47.7 Å². The second-order valence-corrected chi connectivity index (χ2v) is 7.14. The largest absolute Gasteiger partial charge is 0.493 e. The summed E-state index contributed by atoms with van der Waals surface area (Å²) in [6, 6.07) is 6.19. The molecule has 0 unspecified atom stereocenters. The average molecular weight is 427 g/mol. The van der Waals surface area contributed by atoms with Gasteiger partial charge in [0.2, 0.25) is 17.1 Å². The lowest BCUT2D eigenvalue weighted by Gasteiger charge is -2.19. The number of hydrogen-bond acceptors (Lipinski definition) is 7. The predicted molar refractivity (Wildman–Crippen MR) is 114 cm³/mol. The molecule has 1 atom stereocenters. The van der Waals surface area contributed by atoms with Crippen LogP contribution < -0.4 is 29.7 Å². The van der Waals surface area contributed by atoms with E-state index in [9.17, 15) is 14.4 Å². The molecular formula is C23H25NO7. The van der Waals surface area contributed by atoms with Crippen molar-refractivity contribution < 1.29 is 28.5 Å². The van der Waals surface area contributed by atoms with Gasteiger partial charge in [0, 0.05) is 19.4 Å². The summed E-state index contributed by atoms with van der Waals surface area (Å²) in [6.45, 7) is 2.72. The van der Waals surface area contributed by atoms with Crippen LogP contribution in [0, 0.1) is 0 Å². The molecule has 0 aliphatic heterocycles. The van der Waals surface area contributed by atoms with E-state index >= 15 is 0 Å². The Morgan fingerprint density at radius 2 is 1.68 bits per heavy atom. The van der Waals surface area contributed by atoms with E-state index < -0.39 is 12.0 Å². The Bertz CT molecular complexity index is 1090. The summed E-state index contributed by atoms with van der Waals surface area (Å²) in [6.07, 6.45) is 1.11. The summed E-state index contributed by atoms with van der Waals surface area (Å²) < 4.78 is 21.8. The minimum Gasteiger partial charge on any atom is -0.493 e.